The van der Waals surface area contributed by atoms with Gasteiger partial charge in [-0.15, -0.1) is 0 Å². The lowest BCUT2D eigenvalue weighted by atomic mass is 10.1. The van der Waals surface area contributed by atoms with E-state index in [9.17, 15) is 14.4 Å². The van der Waals surface area contributed by atoms with E-state index in [1.807, 2.05) is 24.4 Å². The van der Waals surface area contributed by atoms with Crippen molar-refractivity contribution in [2.24, 2.45) is 0 Å². The van der Waals surface area contributed by atoms with Crippen molar-refractivity contribution in [2.45, 2.75) is 38.8 Å². The summed E-state index contributed by atoms with van der Waals surface area (Å²) in [6, 6.07) is 12.6. The molecular weight excluding hydrogens is 392 g/mol. The minimum Gasteiger partial charge on any atom is -0.345 e. The van der Waals surface area contributed by atoms with Gasteiger partial charge in [0.05, 0.1) is 11.3 Å². The van der Waals surface area contributed by atoms with Crippen molar-refractivity contribution in [1.29, 1.82) is 0 Å². The minimum atomic E-state index is -0.415. The minimum absolute atomic E-state index is 0.150. The molecule has 2 aliphatic heterocycles. The first-order chi connectivity index (χ1) is 14.9. The smallest absolute Gasteiger partial charge is 0.256 e. The summed E-state index contributed by atoms with van der Waals surface area (Å²) in [7, 11) is 0. The Morgan fingerprint density at radius 1 is 1.13 bits per heavy atom. The quantitative estimate of drug-likeness (QED) is 0.676. The number of carbonyl (C=O) groups is 3. The van der Waals surface area contributed by atoms with Crippen molar-refractivity contribution in [2.75, 3.05) is 17.2 Å². The molecule has 0 aliphatic carbocycles. The van der Waals surface area contributed by atoms with Crippen molar-refractivity contribution in [3.63, 3.8) is 0 Å². The second-order valence-electron chi connectivity index (χ2n) is 8.45. The Hall–Kier alpha value is -3.61. The van der Waals surface area contributed by atoms with Gasteiger partial charge in [-0.3, -0.25) is 14.4 Å². The van der Waals surface area contributed by atoms with Crippen LogP contribution in [0.25, 0.3) is 10.9 Å². The molecule has 31 heavy (non-hydrogen) atoms. The highest BCUT2D eigenvalue weighted by molar-refractivity contribution is 6.12. The summed E-state index contributed by atoms with van der Waals surface area (Å²) in [6.07, 6.45) is 3.51. The molecule has 3 aromatic rings. The molecule has 2 N–H and O–H groups in total. The molecule has 7 nitrogen and oxygen atoms in total. The number of rotatable bonds is 3. The normalized spacial score (nSPS) is 18.0. The highest BCUT2D eigenvalue weighted by Gasteiger charge is 2.38. The summed E-state index contributed by atoms with van der Waals surface area (Å²) in [5, 5.41) is 6.83. The van der Waals surface area contributed by atoms with Gasteiger partial charge in [0, 0.05) is 35.6 Å². The van der Waals surface area contributed by atoms with Crippen molar-refractivity contribution < 1.29 is 14.4 Å². The maximum atomic E-state index is 13.0. The average Bonchev–Trinajstić information content (AvgIpc) is 3.39. The van der Waals surface area contributed by atoms with Crippen LogP contribution >= 0.6 is 0 Å². The average molecular weight is 416 g/mol. The molecule has 3 amide bonds. The maximum Gasteiger partial charge on any atom is 0.256 e. The Kier molecular flexibility index (Phi) is 4.54. The number of carbonyl (C=O) groups excluding carboxylic acids is 3. The molecule has 0 bridgehead atoms. The van der Waals surface area contributed by atoms with Gasteiger partial charge in [-0.25, -0.2) is 0 Å². The van der Waals surface area contributed by atoms with E-state index < -0.39 is 6.04 Å². The summed E-state index contributed by atoms with van der Waals surface area (Å²) in [5.74, 6) is -0.575. The van der Waals surface area contributed by atoms with E-state index in [1.165, 1.54) is 0 Å². The molecule has 0 spiro atoms. The summed E-state index contributed by atoms with van der Waals surface area (Å²) in [6.45, 7) is 4.77. The Labute approximate surface area is 180 Å². The zero-order valence-corrected chi connectivity index (χ0v) is 17.5. The molecule has 1 unspecified atom stereocenters. The lowest BCUT2D eigenvalue weighted by Crippen LogP contribution is -2.40. The van der Waals surface area contributed by atoms with Crippen LogP contribution in [0, 0.1) is 0 Å². The van der Waals surface area contributed by atoms with Gasteiger partial charge in [0.1, 0.15) is 6.04 Å². The number of hydrogen-bond donors (Lipinski definition) is 2. The van der Waals surface area contributed by atoms with Crippen molar-refractivity contribution >= 4 is 40.0 Å². The van der Waals surface area contributed by atoms with E-state index in [4.69, 9.17) is 0 Å². The molecule has 3 heterocycles. The SMILES string of the molecule is CC(C)n1ccc2ccc(C(=O)Nc3ccc4c(c3)C(=O)N3CCCC3C(=O)N4)cc21. The molecule has 1 fully saturated rings. The molecule has 1 aromatic heterocycles. The first-order valence-electron chi connectivity index (χ1n) is 10.6. The standard InChI is InChI=1S/C24H24N4O3/c1-14(2)27-11-9-15-5-6-16(12-21(15)27)22(29)25-17-7-8-19-18(13-17)24(31)28-10-3-4-20(28)23(30)26-19/h5-9,11-14,20H,3-4,10H2,1-2H3,(H,25,29)(H,26,30). The molecule has 1 saturated heterocycles. The predicted molar refractivity (Wildman–Crippen MR) is 119 cm³/mol. The van der Waals surface area contributed by atoms with Gasteiger partial charge in [0.15, 0.2) is 0 Å². The number of nitrogens with one attached hydrogen (secondary N) is 2. The van der Waals surface area contributed by atoms with Gasteiger partial charge in [-0.1, -0.05) is 6.07 Å². The van der Waals surface area contributed by atoms with Crippen LogP contribution in [0.5, 0.6) is 0 Å². The van der Waals surface area contributed by atoms with Gasteiger partial charge in [-0.05, 0) is 68.5 Å². The summed E-state index contributed by atoms with van der Waals surface area (Å²) in [5.41, 5.74) is 2.95. The van der Waals surface area contributed by atoms with Crippen LogP contribution in [-0.4, -0.2) is 39.8 Å². The fraction of sp³-hybridized carbons (Fsp3) is 0.292. The fourth-order valence-electron chi connectivity index (χ4n) is 4.50. The van der Waals surface area contributed by atoms with E-state index >= 15 is 0 Å². The Morgan fingerprint density at radius 3 is 2.77 bits per heavy atom. The zero-order chi connectivity index (χ0) is 21.7. The predicted octanol–water partition coefficient (Wildman–Crippen LogP) is 4.03. The van der Waals surface area contributed by atoms with Crippen LogP contribution in [0.4, 0.5) is 11.4 Å². The number of benzene rings is 2. The summed E-state index contributed by atoms with van der Waals surface area (Å²) < 4.78 is 2.13. The van der Waals surface area contributed by atoms with Gasteiger partial charge in [-0.2, -0.15) is 0 Å². The molecule has 5 rings (SSSR count). The largest absolute Gasteiger partial charge is 0.345 e. The first-order valence-corrected chi connectivity index (χ1v) is 10.6. The second kappa shape index (κ2) is 7.27. The van der Waals surface area contributed by atoms with E-state index in [2.05, 4.69) is 29.0 Å². The van der Waals surface area contributed by atoms with E-state index in [0.29, 0.717) is 35.5 Å². The van der Waals surface area contributed by atoms with E-state index in [0.717, 1.165) is 17.3 Å². The first kappa shape index (κ1) is 19.4. The lowest BCUT2D eigenvalue weighted by molar-refractivity contribution is -0.119. The van der Waals surface area contributed by atoms with Crippen molar-refractivity contribution in [3.8, 4) is 0 Å². The Bertz CT molecular complexity index is 1230. The van der Waals surface area contributed by atoms with Gasteiger partial charge < -0.3 is 20.1 Å². The molecule has 0 radical (unpaired) electrons. The lowest BCUT2D eigenvalue weighted by Gasteiger charge is -2.20. The van der Waals surface area contributed by atoms with Gasteiger partial charge in [0.2, 0.25) is 5.91 Å². The molecule has 7 heteroatoms. The molecular formula is C24H24N4O3. The van der Waals surface area contributed by atoms with Crippen LogP contribution in [0.1, 0.15) is 53.4 Å². The van der Waals surface area contributed by atoms with Crippen molar-refractivity contribution in [3.05, 3.63) is 59.8 Å². The maximum absolute atomic E-state index is 13.0. The number of hydrogen-bond acceptors (Lipinski definition) is 3. The third-order valence-electron chi connectivity index (χ3n) is 6.12. The number of fused-ring (bicyclic) bond motifs is 3. The van der Waals surface area contributed by atoms with Crippen LogP contribution in [0.15, 0.2) is 48.7 Å². The monoisotopic (exact) mass is 416 g/mol. The third kappa shape index (κ3) is 3.26. The van der Waals surface area contributed by atoms with Crippen molar-refractivity contribution in [1.82, 2.24) is 9.47 Å². The molecule has 1 atom stereocenters. The molecule has 2 aliphatic rings. The second-order valence-corrected chi connectivity index (χ2v) is 8.45. The van der Waals surface area contributed by atoms with Crippen LogP contribution in [-0.2, 0) is 4.79 Å². The van der Waals surface area contributed by atoms with Crippen LogP contribution in [0.3, 0.4) is 0 Å². The molecule has 2 aromatic carbocycles. The van der Waals surface area contributed by atoms with Crippen LogP contribution in [0.2, 0.25) is 0 Å². The number of amides is 3. The van der Waals surface area contributed by atoms with E-state index in [1.54, 1.807) is 29.2 Å². The van der Waals surface area contributed by atoms with Gasteiger partial charge in [0.25, 0.3) is 11.8 Å². The Balaban J connectivity index is 1.43. The highest BCUT2D eigenvalue weighted by atomic mass is 16.2. The molecule has 158 valence electrons. The number of nitrogens with zero attached hydrogens (tertiary/aromatic N) is 2. The van der Waals surface area contributed by atoms with Gasteiger partial charge >= 0.3 is 0 Å². The summed E-state index contributed by atoms with van der Waals surface area (Å²) in [4.78, 5) is 40.0. The number of aromatic nitrogens is 1. The Morgan fingerprint density at radius 2 is 1.97 bits per heavy atom. The van der Waals surface area contributed by atoms with E-state index in [-0.39, 0.29) is 23.8 Å². The molecule has 0 saturated carbocycles. The fourth-order valence-corrected chi connectivity index (χ4v) is 4.50. The topological polar surface area (TPSA) is 83.4 Å². The zero-order valence-electron chi connectivity index (χ0n) is 17.5. The van der Waals surface area contributed by atoms with Crippen LogP contribution < -0.4 is 10.6 Å². The highest BCUT2D eigenvalue weighted by Crippen LogP contribution is 2.31. The summed E-state index contributed by atoms with van der Waals surface area (Å²) >= 11 is 0. The number of anilines is 2. The third-order valence-corrected chi connectivity index (χ3v) is 6.12.